The predicted octanol–water partition coefficient (Wildman–Crippen LogP) is 2.21. The highest BCUT2D eigenvalue weighted by Gasteiger charge is 2.33. The molecule has 4 nitrogen and oxygen atoms in total. The lowest BCUT2D eigenvalue weighted by Crippen LogP contribution is -2.41. The fraction of sp³-hybridized carbons (Fsp3) is 0.294. The van der Waals surface area contributed by atoms with Crippen molar-refractivity contribution in [2.45, 2.75) is 18.2 Å². The van der Waals surface area contributed by atoms with Gasteiger partial charge < -0.3 is 21.1 Å². The zero-order valence-corrected chi connectivity index (χ0v) is 12.1. The van der Waals surface area contributed by atoms with Gasteiger partial charge in [0.2, 0.25) is 0 Å². The van der Waals surface area contributed by atoms with Crippen LogP contribution in [0.2, 0.25) is 0 Å². The highest BCUT2D eigenvalue weighted by molar-refractivity contribution is 5.74. The third-order valence-corrected chi connectivity index (χ3v) is 3.92. The van der Waals surface area contributed by atoms with Gasteiger partial charge in [-0.2, -0.15) is 0 Å². The number of para-hydroxylation sites is 2. The molecule has 0 aliphatic carbocycles. The van der Waals surface area contributed by atoms with Crippen LogP contribution in [-0.4, -0.2) is 31.0 Å². The summed E-state index contributed by atoms with van der Waals surface area (Å²) in [5, 5.41) is 20.6. The second-order valence-corrected chi connectivity index (χ2v) is 5.37. The largest absolute Gasteiger partial charge is 0.391 e. The monoisotopic (exact) mass is 283 g/mol. The third-order valence-electron chi connectivity index (χ3n) is 3.92. The molecule has 0 unspecified atom stereocenters. The number of fused-ring (bicyclic) bond motifs is 1. The van der Waals surface area contributed by atoms with E-state index in [1.165, 1.54) is 0 Å². The van der Waals surface area contributed by atoms with E-state index in [9.17, 15) is 5.11 Å². The normalized spacial score (nSPS) is 16.7. The smallest absolute Gasteiger partial charge is 0.106 e. The molecule has 0 bridgehead atoms. The Morgan fingerprint density at radius 3 is 2.14 bits per heavy atom. The number of benzene rings is 2. The average molecular weight is 283 g/mol. The van der Waals surface area contributed by atoms with Crippen molar-refractivity contribution in [3.63, 3.8) is 0 Å². The second-order valence-electron chi connectivity index (χ2n) is 5.37. The quantitative estimate of drug-likeness (QED) is 0.679. The van der Waals surface area contributed by atoms with Gasteiger partial charge in [-0.15, -0.1) is 0 Å². The summed E-state index contributed by atoms with van der Waals surface area (Å²) in [4.78, 5) is 0. The van der Waals surface area contributed by atoms with Crippen molar-refractivity contribution >= 4 is 11.4 Å². The van der Waals surface area contributed by atoms with Gasteiger partial charge in [0.25, 0.3) is 0 Å². The van der Waals surface area contributed by atoms with Gasteiger partial charge in [-0.1, -0.05) is 42.5 Å². The van der Waals surface area contributed by atoms with E-state index in [2.05, 4.69) is 40.2 Å². The minimum Gasteiger partial charge on any atom is -0.391 e. The Kier molecular flexibility index (Phi) is 4.08. The summed E-state index contributed by atoms with van der Waals surface area (Å²) in [5.74, 6) is -0.0361. The first kappa shape index (κ1) is 13.9. The molecule has 0 saturated carbocycles. The topological polar surface area (TPSA) is 56.3 Å². The number of anilines is 2. The molecule has 0 fully saturated rings. The maximum Gasteiger partial charge on any atom is 0.106 e. The third kappa shape index (κ3) is 2.86. The minimum atomic E-state index is -0.475. The van der Waals surface area contributed by atoms with Gasteiger partial charge in [-0.3, -0.25) is 0 Å². The first-order valence-corrected chi connectivity index (χ1v) is 7.29. The maximum absolute atomic E-state index is 10.6. The van der Waals surface area contributed by atoms with Gasteiger partial charge >= 0.3 is 0 Å². The van der Waals surface area contributed by atoms with Crippen LogP contribution in [0.1, 0.15) is 11.5 Å². The lowest BCUT2D eigenvalue weighted by atomic mass is 9.90. The van der Waals surface area contributed by atoms with Crippen molar-refractivity contribution in [1.82, 2.24) is 5.32 Å². The molecule has 1 aliphatic rings. The Balaban J connectivity index is 1.87. The molecule has 0 saturated heterocycles. The van der Waals surface area contributed by atoms with Crippen molar-refractivity contribution in [3.05, 3.63) is 60.2 Å². The maximum atomic E-state index is 10.6. The van der Waals surface area contributed by atoms with Crippen LogP contribution in [0.15, 0.2) is 54.6 Å². The highest BCUT2D eigenvalue weighted by atomic mass is 16.3. The van der Waals surface area contributed by atoms with Crippen molar-refractivity contribution in [1.29, 1.82) is 0 Å². The van der Waals surface area contributed by atoms with Gasteiger partial charge in [-0.05, 0) is 24.7 Å². The Morgan fingerprint density at radius 2 is 1.57 bits per heavy atom. The summed E-state index contributed by atoms with van der Waals surface area (Å²) < 4.78 is 0. The first-order chi connectivity index (χ1) is 10.3. The molecule has 2 aromatic carbocycles. The van der Waals surface area contributed by atoms with E-state index in [1.807, 2.05) is 37.4 Å². The summed E-state index contributed by atoms with van der Waals surface area (Å²) in [7, 11) is 1.86. The Bertz CT molecular complexity index is 563. The Hall–Kier alpha value is -2.04. The minimum absolute atomic E-state index is 0.0202. The summed E-state index contributed by atoms with van der Waals surface area (Å²) in [6.07, 6.45) is -0.495. The van der Waals surface area contributed by atoms with Gasteiger partial charge in [-0.25, -0.2) is 0 Å². The van der Waals surface area contributed by atoms with E-state index < -0.39 is 6.10 Å². The number of likely N-dealkylation sites (N-methyl/N-ethyl adjacent to an activating group) is 1. The van der Waals surface area contributed by atoms with Crippen LogP contribution in [0.5, 0.6) is 0 Å². The fourth-order valence-corrected chi connectivity index (χ4v) is 2.93. The van der Waals surface area contributed by atoms with Crippen molar-refractivity contribution in [2.24, 2.45) is 0 Å². The molecule has 2 atom stereocenters. The molecular weight excluding hydrogens is 262 g/mol. The number of hydrogen-bond acceptors (Lipinski definition) is 4. The molecule has 4 N–H and O–H groups in total. The highest BCUT2D eigenvalue weighted by Crippen LogP contribution is 2.35. The number of rotatable bonds is 5. The van der Waals surface area contributed by atoms with Gasteiger partial charge in [0, 0.05) is 12.5 Å². The molecule has 0 amide bonds. The first-order valence-electron chi connectivity index (χ1n) is 7.29. The average Bonchev–Trinajstić information content (AvgIpc) is 2.92. The number of aliphatic hydroxyl groups excluding tert-OH is 1. The Morgan fingerprint density at radius 1 is 1.00 bits per heavy atom. The number of nitrogens with one attached hydrogen (secondary N) is 3. The van der Waals surface area contributed by atoms with E-state index >= 15 is 0 Å². The molecule has 2 aromatic rings. The van der Waals surface area contributed by atoms with Gasteiger partial charge in [0.1, 0.15) is 6.17 Å². The SMILES string of the molecule is CNC[C@H](O)[C@@H](c1ccccc1)C1Nc2ccccc2N1. The second kappa shape index (κ2) is 6.16. The van der Waals surface area contributed by atoms with E-state index in [4.69, 9.17) is 0 Å². The molecular formula is C17H21N3O. The molecule has 1 heterocycles. The van der Waals surface area contributed by atoms with Crippen LogP contribution >= 0.6 is 0 Å². The van der Waals surface area contributed by atoms with Crippen LogP contribution < -0.4 is 16.0 Å². The van der Waals surface area contributed by atoms with E-state index in [0.717, 1.165) is 16.9 Å². The number of aliphatic hydroxyl groups is 1. The molecule has 0 spiro atoms. The van der Waals surface area contributed by atoms with Gasteiger partial charge in [0.15, 0.2) is 0 Å². The summed E-state index contributed by atoms with van der Waals surface area (Å²) in [6, 6.07) is 18.3. The van der Waals surface area contributed by atoms with Gasteiger partial charge in [0.05, 0.1) is 17.5 Å². The van der Waals surface area contributed by atoms with Crippen LogP contribution in [0.4, 0.5) is 11.4 Å². The molecule has 3 rings (SSSR count). The van der Waals surface area contributed by atoms with Crippen LogP contribution in [0.25, 0.3) is 0 Å². The molecule has 21 heavy (non-hydrogen) atoms. The van der Waals surface area contributed by atoms with Crippen LogP contribution in [0.3, 0.4) is 0 Å². The van der Waals surface area contributed by atoms with Crippen LogP contribution in [0, 0.1) is 0 Å². The zero-order chi connectivity index (χ0) is 14.7. The van der Waals surface area contributed by atoms with Crippen molar-refractivity contribution in [3.8, 4) is 0 Å². The van der Waals surface area contributed by atoms with Crippen LogP contribution in [-0.2, 0) is 0 Å². The molecule has 1 aliphatic heterocycles. The number of hydrogen-bond donors (Lipinski definition) is 4. The Labute approximate surface area is 125 Å². The van der Waals surface area contributed by atoms with Crippen molar-refractivity contribution in [2.75, 3.05) is 24.2 Å². The summed E-state index contributed by atoms with van der Waals surface area (Å²) >= 11 is 0. The fourth-order valence-electron chi connectivity index (χ4n) is 2.93. The predicted molar refractivity (Wildman–Crippen MR) is 86.6 cm³/mol. The molecule has 0 radical (unpaired) electrons. The molecule has 0 aromatic heterocycles. The summed E-state index contributed by atoms with van der Waals surface area (Å²) in [6.45, 7) is 0.551. The zero-order valence-electron chi connectivity index (χ0n) is 12.1. The van der Waals surface area contributed by atoms with Crippen molar-refractivity contribution < 1.29 is 5.11 Å². The standard InChI is InChI=1S/C17H21N3O/c1-18-11-15(21)16(12-7-3-2-4-8-12)17-19-13-9-5-6-10-14(13)20-17/h2-10,15-21H,11H2,1H3/t15-,16+/m0/s1. The lowest BCUT2D eigenvalue weighted by Gasteiger charge is -2.29. The molecule has 110 valence electrons. The van der Waals surface area contributed by atoms with E-state index in [1.54, 1.807) is 0 Å². The summed E-state index contributed by atoms with van der Waals surface area (Å²) in [5.41, 5.74) is 3.29. The van der Waals surface area contributed by atoms with E-state index in [0.29, 0.717) is 6.54 Å². The lowest BCUT2D eigenvalue weighted by molar-refractivity contribution is 0.138. The molecule has 4 heteroatoms. The van der Waals surface area contributed by atoms with E-state index in [-0.39, 0.29) is 12.1 Å².